The second-order valence-corrected chi connectivity index (χ2v) is 11.0. The van der Waals surface area contributed by atoms with Gasteiger partial charge in [0.1, 0.15) is 11.7 Å². The van der Waals surface area contributed by atoms with Crippen LogP contribution in [0.5, 0.6) is 0 Å². The van der Waals surface area contributed by atoms with Crippen LogP contribution in [0.3, 0.4) is 0 Å². The number of hydrogen-bond acceptors (Lipinski definition) is 4. The van der Waals surface area contributed by atoms with Gasteiger partial charge in [0.05, 0.1) is 0 Å². The average molecular weight is 387 g/mol. The lowest BCUT2D eigenvalue weighted by molar-refractivity contribution is -0.151. The van der Waals surface area contributed by atoms with E-state index in [4.69, 9.17) is 9.47 Å². The van der Waals surface area contributed by atoms with Crippen molar-refractivity contribution in [2.24, 2.45) is 28.6 Å². The maximum atomic E-state index is 12.7. The third-order valence-electron chi connectivity index (χ3n) is 9.69. The van der Waals surface area contributed by atoms with E-state index >= 15 is 0 Å². The van der Waals surface area contributed by atoms with E-state index < -0.39 is 5.60 Å². The highest BCUT2D eigenvalue weighted by molar-refractivity contribution is 5.91. The first-order valence-corrected chi connectivity index (χ1v) is 11.2. The summed E-state index contributed by atoms with van der Waals surface area (Å²) in [6.07, 6.45) is 10.0. The van der Waals surface area contributed by atoms with E-state index in [0.29, 0.717) is 17.8 Å². The minimum Gasteiger partial charge on any atom is -0.463 e. The summed E-state index contributed by atoms with van der Waals surface area (Å²) < 4.78 is 11.8. The zero-order valence-corrected chi connectivity index (χ0v) is 18.0. The molecule has 4 fully saturated rings. The molecular formula is C24H34O4. The predicted octanol–water partition coefficient (Wildman–Crippen LogP) is 4.61. The van der Waals surface area contributed by atoms with E-state index in [9.17, 15) is 9.59 Å². The van der Waals surface area contributed by atoms with Crippen LogP contribution in [0.4, 0.5) is 0 Å². The van der Waals surface area contributed by atoms with Crippen molar-refractivity contribution in [3.63, 3.8) is 0 Å². The maximum absolute atomic E-state index is 12.7. The van der Waals surface area contributed by atoms with Crippen LogP contribution in [-0.2, 0) is 19.1 Å². The lowest BCUT2D eigenvalue weighted by Crippen LogP contribution is -2.52. The molecule has 0 radical (unpaired) electrons. The molecule has 1 saturated heterocycles. The van der Waals surface area contributed by atoms with Crippen LogP contribution in [0, 0.1) is 28.6 Å². The molecule has 0 spiro atoms. The summed E-state index contributed by atoms with van der Waals surface area (Å²) in [4.78, 5) is 24.1. The van der Waals surface area contributed by atoms with E-state index in [-0.39, 0.29) is 34.3 Å². The molecule has 8 atom stereocenters. The van der Waals surface area contributed by atoms with Crippen LogP contribution in [0.15, 0.2) is 11.6 Å². The van der Waals surface area contributed by atoms with Crippen molar-refractivity contribution >= 4 is 11.8 Å². The Hall–Kier alpha value is -1.16. The molecule has 0 aromatic carbocycles. The summed E-state index contributed by atoms with van der Waals surface area (Å²) in [6, 6.07) is 0. The largest absolute Gasteiger partial charge is 0.463 e. The number of Topliss-reactive ketones (excluding diaryl/α,β-unsaturated/α-hetero) is 1. The molecule has 0 N–H and O–H groups in total. The number of ketones is 1. The van der Waals surface area contributed by atoms with Crippen molar-refractivity contribution in [2.45, 2.75) is 96.9 Å². The fraction of sp³-hybridized carbons (Fsp3) is 0.833. The Kier molecular flexibility index (Phi) is 3.70. The Labute approximate surface area is 168 Å². The number of carbonyl (C=O) groups is 2. The topological polar surface area (TPSA) is 55.9 Å². The average Bonchev–Trinajstić information content (AvgIpc) is 3.19. The summed E-state index contributed by atoms with van der Waals surface area (Å²) in [5.41, 5.74) is 0.985. The Bertz CT molecular complexity index is 785. The number of rotatable bonds is 2. The van der Waals surface area contributed by atoms with Crippen molar-refractivity contribution in [1.29, 1.82) is 0 Å². The molecule has 0 aromatic rings. The number of carbonyl (C=O) groups excluding carboxylic acids is 2. The van der Waals surface area contributed by atoms with Crippen LogP contribution in [0.1, 0.15) is 79.6 Å². The first-order valence-electron chi connectivity index (χ1n) is 11.2. The van der Waals surface area contributed by atoms with Gasteiger partial charge in [-0.3, -0.25) is 9.59 Å². The van der Waals surface area contributed by atoms with Crippen molar-refractivity contribution in [2.75, 3.05) is 0 Å². The van der Waals surface area contributed by atoms with Crippen molar-refractivity contribution < 1.29 is 19.1 Å². The van der Waals surface area contributed by atoms with Gasteiger partial charge >= 0.3 is 5.97 Å². The van der Waals surface area contributed by atoms with Gasteiger partial charge < -0.3 is 9.47 Å². The molecule has 154 valence electrons. The summed E-state index contributed by atoms with van der Waals surface area (Å²) in [5.74, 6) is 1.79. The molecule has 5 aliphatic rings. The molecule has 1 aliphatic heterocycles. The summed E-state index contributed by atoms with van der Waals surface area (Å²) in [6.45, 7) is 10.2. The second-order valence-electron chi connectivity index (χ2n) is 11.0. The van der Waals surface area contributed by atoms with Gasteiger partial charge in [-0.05, 0) is 82.0 Å². The Morgan fingerprint density at radius 1 is 1.14 bits per heavy atom. The molecular weight excluding hydrogens is 352 g/mol. The maximum Gasteiger partial charge on any atom is 0.302 e. The molecule has 0 aromatic heterocycles. The zero-order chi connectivity index (χ0) is 20.1. The number of fused-ring (bicyclic) bond motifs is 7. The second kappa shape index (κ2) is 5.50. The van der Waals surface area contributed by atoms with Gasteiger partial charge in [-0.1, -0.05) is 25.5 Å². The number of epoxide rings is 1. The van der Waals surface area contributed by atoms with Gasteiger partial charge in [0.25, 0.3) is 0 Å². The minimum absolute atomic E-state index is 0.0696. The van der Waals surface area contributed by atoms with Gasteiger partial charge in [-0.2, -0.15) is 0 Å². The fourth-order valence-electron chi connectivity index (χ4n) is 8.45. The zero-order valence-electron chi connectivity index (χ0n) is 18.0. The van der Waals surface area contributed by atoms with E-state index in [1.54, 1.807) is 12.5 Å². The predicted molar refractivity (Wildman–Crippen MR) is 106 cm³/mol. The third kappa shape index (κ3) is 2.06. The van der Waals surface area contributed by atoms with Crippen LogP contribution in [0.2, 0.25) is 0 Å². The molecule has 0 amide bonds. The van der Waals surface area contributed by atoms with Gasteiger partial charge in [0.15, 0.2) is 11.4 Å². The van der Waals surface area contributed by atoms with Crippen LogP contribution >= 0.6 is 0 Å². The molecule has 4 nitrogen and oxygen atoms in total. The highest BCUT2D eigenvalue weighted by Gasteiger charge is 2.85. The molecule has 8 unspecified atom stereocenters. The Morgan fingerprint density at radius 2 is 1.89 bits per heavy atom. The highest BCUT2D eigenvalue weighted by atomic mass is 16.6. The number of allylic oxidation sites excluding steroid dienone is 2. The smallest absolute Gasteiger partial charge is 0.302 e. The van der Waals surface area contributed by atoms with Crippen LogP contribution in [-0.4, -0.2) is 29.1 Å². The molecule has 1 heterocycles. The van der Waals surface area contributed by atoms with Crippen molar-refractivity contribution in [1.82, 2.24) is 0 Å². The highest BCUT2D eigenvalue weighted by Crippen LogP contribution is 2.76. The Morgan fingerprint density at radius 3 is 2.57 bits per heavy atom. The third-order valence-corrected chi connectivity index (χ3v) is 9.69. The van der Waals surface area contributed by atoms with Gasteiger partial charge in [-0.15, -0.1) is 0 Å². The molecule has 4 aliphatic carbocycles. The van der Waals surface area contributed by atoms with E-state index in [2.05, 4.69) is 26.8 Å². The SMILES string of the molecule is CC(=O)OC1CCC2(C)C3=CCC4(C)C(CC5(C)OC54C(C)=O)C3CCC2C1. The lowest BCUT2D eigenvalue weighted by atomic mass is 9.48. The minimum atomic E-state index is -0.558. The number of ether oxygens (including phenoxy) is 2. The van der Waals surface area contributed by atoms with Crippen LogP contribution in [0.25, 0.3) is 0 Å². The lowest BCUT2D eigenvalue weighted by Gasteiger charge is -2.57. The molecule has 4 heteroatoms. The van der Waals surface area contributed by atoms with Crippen molar-refractivity contribution in [3.05, 3.63) is 11.6 Å². The summed E-state index contributed by atoms with van der Waals surface area (Å²) in [7, 11) is 0. The van der Waals surface area contributed by atoms with Gasteiger partial charge in [0.2, 0.25) is 0 Å². The number of esters is 1. The monoisotopic (exact) mass is 386 g/mol. The van der Waals surface area contributed by atoms with E-state index in [1.807, 2.05) is 0 Å². The standard InChI is InChI=1S/C24H34O4/c1-14(25)24-22(4)11-9-19-18(20(22)13-23(24,5)28-24)7-6-16-12-17(27-15(2)26)8-10-21(16,19)3/h9,16-18,20H,6-8,10-13H2,1-5H3. The van der Waals surface area contributed by atoms with Gasteiger partial charge in [-0.25, -0.2) is 0 Å². The quantitative estimate of drug-likeness (QED) is 0.395. The normalized spacial score (nSPS) is 53.8. The van der Waals surface area contributed by atoms with Crippen molar-refractivity contribution in [3.8, 4) is 0 Å². The van der Waals surface area contributed by atoms with E-state index in [1.165, 1.54) is 19.8 Å². The first kappa shape index (κ1) is 18.8. The van der Waals surface area contributed by atoms with Gasteiger partial charge in [0, 0.05) is 12.3 Å². The number of hydrogen-bond donors (Lipinski definition) is 0. The summed E-state index contributed by atoms with van der Waals surface area (Å²) >= 11 is 0. The Balaban J connectivity index is 1.46. The first-order chi connectivity index (χ1) is 13.1. The van der Waals surface area contributed by atoms with Crippen LogP contribution < -0.4 is 0 Å². The summed E-state index contributed by atoms with van der Waals surface area (Å²) in [5, 5.41) is 0. The molecule has 5 rings (SSSR count). The molecule has 28 heavy (non-hydrogen) atoms. The van der Waals surface area contributed by atoms with E-state index in [0.717, 1.165) is 32.1 Å². The molecule has 3 saturated carbocycles. The fourth-order valence-corrected chi connectivity index (χ4v) is 8.45. The molecule has 0 bridgehead atoms.